The highest BCUT2D eigenvalue weighted by Gasteiger charge is 2.27. The number of aromatic amines is 1. The average molecular weight is 398 g/mol. The number of carbonyl (C=O) groups excluding carboxylic acids is 1. The summed E-state index contributed by atoms with van der Waals surface area (Å²) in [6.45, 7) is 1.80. The first-order valence-corrected chi connectivity index (χ1v) is 10.1. The molecule has 1 aromatic carbocycles. The Morgan fingerprint density at radius 3 is 2.77 bits per heavy atom. The summed E-state index contributed by atoms with van der Waals surface area (Å²) in [4.78, 5) is 15.0. The largest absolute Gasteiger partial charge is 0.379 e. The van der Waals surface area contributed by atoms with E-state index in [1.807, 2.05) is 18.2 Å². The molecular weight excluding hydrogens is 378 g/mol. The number of halogens is 1. The number of aromatic nitrogens is 1. The van der Waals surface area contributed by atoms with Gasteiger partial charge in [-0.15, -0.1) is 0 Å². The molecule has 26 heavy (non-hydrogen) atoms. The van der Waals surface area contributed by atoms with Crippen molar-refractivity contribution in [3.8, 4) is 0 Å². The summed E-state index contributed by atoms with van der Waals surface area (Å²) in [7, 11) is -3.62. The van der Waals surface area contributed by atoms with E-state index in [1.165, 1.54) is 16.6 Å². The van der Waals surface area contributed by atoms with Gasteiger partial charge in [0, 0.05) is 30.9 Å². The summed E-state index contributed by atoms with van der Waals surface area (Å²) in [6.07, 6.45) is 1.97. The van der Waals surface area contributed by atoms with Crippen molar-refractivity contribution in [1.82, 2.24) is 14.6 Å². The summed E-state index contributed by atoms with van der Waals surface area (Å²) in [5.74, 6) is -0.351. The van der Waals surface area contributed by atoms with E-state index < -0.39 is 10.0 Å². The van der Waals surface area contributed by atoms with Crippen molar-refractivity contribution in [3.05, 3.63) is 52.8 Å². The van der Waals surface area contributed by atoms with Gasteiger partial charge >= 0.3 is 0 Å². The molecule has 2 heterocycles. The number of ether oxygens (including phenoxy) is 1. The van der Waals surface area contributed by atoms with Crippen LogP contribution in [0, 0.1) is 0 Å². The second-order valence-corrected chi connectivity index (χ2v) is 8.28. The van der Waals surface area contributed by atoms with E-state index in [2.05, 4.69) is 10.3 Å². The molecule has 7 nitrogen and oxygen atoms in total. The number of sulfonamides is 1. The normalized spacial score (nSPS) is 15.7. The fourth-order valence-corrected chi connectivity index (χ4v) is 4.31. The Morgan fingerprint density at radius 2 is 2.04 bits per heavy atom. The van der Waals surface area contributed by atoms with E-state index in [0.717, 1.165) is 5.56 Å². The number of carbonyl (C=O) groups is 1. The van der Waals surface area contributed by atoms with Gasteiger partial charge in [0.2, 0.25) is 10.0 Å². The van der Waals surface area contributed by atoms with Crippen molar-refractivity contribution < 1.29 is 17.9 Å². The number of hydrogen-bond acceptors (Lipinski definition) is 4. The zero-order chi connectivity index (χ0) is 18.6. The van der Waals surface area contributed by atoms with Crippen LogP contribution in [0.15, 0.2) is 41.4 Å². The topological polar surface area (TPSA) is 91.5 Å². The lowest BCUT2D eigenvalue weighted by Gasteiger charge is -2.25. The van der Waals surface area contributed by atoms with E-state index in [-0.39, 0.29) is 16.5 Å². The van der Waals surface area contributed by atoms with E-state index in [1.54, 1.807) is 6.07 Å². The third-order valence-electron chi connectivity index (χ3n) is 4.10. The first-order chi connectivity index (χ1) is 12.5. The van der Waals surface area contributed by atoms with Crippen LogP contribution in [-0.4, -0.2) is 56.5 Å². The summed E-state index contributed by atoms with van der Waals surface area (Å²) in [5, 5.41) is 3.42. The molecule has 0 atom stereocenters. The van der Waals surface area contributed by atoms with Crippen LogP contribution in [0.25, 0.3) is 0 Å². The van der Waals surface area contributed by atoms with Crippen LogP contribution in [0.5, 0.6) is 0 Å². The number of nitrogens with one attached hydrogen (secondary N) is 2. The van der Waals surface area contributed by atoms with Crippen molar-refractivity contribution in [2.75, 3.05) is 32.8 Å². The van der Waals surface area contributed by atoms with Crippen LogP contribution < -0.4 is 5.32 Å². The van der Waals surface area contributed by atoms with E-state index >= 15 is 0 Å². The molecule has 140 valence electrons. The van der Waals surface area contributed by atoms with Crippen LogP contribution in [0.3, 0.4) is 0 Å². The molecule has 2 aromatic rings. The molecule has 1 aromatic heterocycles. The molecule has 1 fully saturated rings. The number of H-pyrrole nitrogens is 1. The number of nitrogens with zero attached hydrogens (tertiary/aromatic N) is 1. The molecule has 0 aliphatic carbocycles. The van der Waals surface area contributed by atoms with Crippen molar-refractivity contribution in [3.63, 3.8) is 0 Å². The number of amides is 1. The summed E-state index contributed by atoms with van der Waals surface area (Å²) in [5.41, 5.74) is 1.22. The van der Waals surface area contributed by atoms with E-state index in [0.29, 0.717) is 44.3 Å². The van der Waals surface area contributed by atoms with Gasteiger partial charge in [-0.1, -0.05) is 23.7 Å². The molecule has 0 bridgehead atoms. The van der Waals surface area contributed by atoms with Gasteiger partial charge < -0.3 is 15.0 Å². The van der Waals surface area contributed by atoms with Crippen LogP contribution in [-0.2, 0) is 21.2 Å². The summed E-state index contributed by atoms with van der Waals surface area (Å²) in [6, 6.07) is 8.78. The molecule has 1 aliphatic heterocycles. The number of rotatable bonds is 6. The molecule has 1 saturated heterocycles. The molecular formula is C17H20ClN3O4S. The number of benzene rings is 1. The monoisotopic (exact) mass is 397 g/mol. The lowest BCUT2D eigenvalue weighted by Crippen LogP contribution is -2.40. The van der Waals surface area contributed by atoms with Gasteiger partial charge in [0.05, 0.1) is 13.2 Å². The second kappa shape index (κ2) is 8.22. The summed E-state index contributed by atoms with van der Waals surface area (Å²) >= 11 is 5.93. The second-order valence-electron chi connectivity index (χ2n) is 5.90. The van der Waals surface area contributed by atoms with Gasteiger partial charge in [0.15, 0.2) is 0 Å². The maximum absolute atomic E-state index is 12.6. The van der Waals surface area contributed by atoms with Crippen molar-refractivity contribution in [1.29, 1.82) is 0 Å². The van der Waals surface area contributed by atoms with Crippen LogP contribution >= 0.6 is 11.6 Å². The molecule has 0 saturated carbocycles. The average Bonchev–Trinajstić information content (AvgIpc) is 3.13. The highest BCUT2D eigenvalue weighted by molar-refractivity contribution is 7.89. The molecule has 0 unspecified atom stereocenters. The highest BCUT2D eigenvalue weighted by atomic mass is 35.5. The first-order valence-electron chi connectivity index (χ1n) is 8.26. The Bertz CT molecular complexity index is 876. The Labute approximate surface area is 157 Å². The molecule has 1 amide bonds. The minimum atomic E-state index is -3.62. The number of morpholine rings is 1. The third-order valence-corrected chi connectivity index (χ3v) is 6.21. The van der Waals surface area contributed by atoms with Crippen LogP contribution in [0.2, 0.25) is 5.02 Å². The van der Waals surface area contributed by atoms with Crippen molar-refractivity contribution >= 4 is 27.5 Å². The predicted molar refractivity (Wildman–Crippen MR) is 97.9 cm³/mol. The van der Waals surface area contributed by atoms with Crippen molar-refractivity contribution in [2.24, 2.45) is 0 Å². The maximum Gasteiger partial charge on any atom is 0.267 e. The van der Waals surface area contributed by atoms with Gasteiger partial charge in [-0.3, -0.25) is 4.79 Å². The molecule has 1 aliphatic rings. The highest BCUT2D eigenvalue weighted by Crippen LogP contribution is 2.18. The molecule has 0 radical (unpaired) electrons. The van der Waals surface area contributed by atoms with Gasteiger partial charge in [-0.2, -0.15) is 4.31 Å². The lowest BCUT2D eigenvalue weighted by atomic mass is 10.1. The molecule has 3 rings (SSSR count). The molecule has 2 N–H and O–H groups in total. The Balaban J connectivity index is 1.59. The van der Waals surface area contributed by atoms with Gasteiger partial charge in [0.1, 0.15) is 10.6 Å². The van der Waals surface area contributed by atoms with Gasteiger partial charge in [-0.25, -0.2) is 8.42 Å². The zero-order valence-electron chi connectivity index (χ0n) is 14.1. The minimum absolute atomic E-state index is 0.0828. The molecule has 0 spiro atoms. The smallest absolute Gasteiger partial charge is 0.267 e. The fraction of sp³-hybridized carbons (Fsp3) is 0.353. The molecule has 9 heteroatoms. The predicted octanol–water partition coefficient (Wildman–Crippen LogP) is 1.66. The summed E-state index contributed by atoms with van der Waals surface area (Å²) < 4.78 is 31.7. The quantitative estimate of drug-likeness (QED) is 0.775. The fourth-order valence-electron chi connectivity index (χ4n) is 2.70. The Hall–Kier alpha value is -1.87. The van der Waals surface area contributed by atoms with Gasteiger partial charge in [0.25, 0.3) is 5.91 Å². The minimum Gasteiger partial charge on any atom is -0.379 e. The standard InChI is InChI=1S/C17H20ClN3O4S/c18-14-3-1-2-13(10-14)4-5-19-17(22)16-11-15(12-20-16)26(23,24)21-6-8-25-9-7-21/h1-3,10-12,20H,4-9H2,(H,19,22). The van der Waals surface area contributed by atoms with E-state index in [9.17, 15) is 13.2 Å². The SMILES string of the molecule is O=C(NCCc1cccc(Cl)c1)c1cc(S(=O)(=O)N2CCOCC2)c[nH]1. The van der Waals surface area contributed by atoms with E-state index in [4.69, 9.17) is 16.3 Å². The lowest BCUT2D eigenvalue weighted by molar-refractivity contribution is 0.0730. The van der Waals surface area contributed by atoms with Crippen LogP contribution in [0.4, 0.5) is 0 Å². The first kappa shape index (κ1) is 18.9. The third kappa shape index (κ3) is 4.45. The zero-order valence-corrected chi connectivity index (χ0v) is 15.6. The van der Waals surface area contributed by atoms with Crippen LogP contribution in [0.1, 0.15) is 16.1 Å². The Kier molecular flexibility index (Phi) is 5.98. The number of hydrogen-bond donors (Lipinski definition) is 2. The maximum atomic E-state index is 12.6. The van der Waals surface area contributed by atoms with Gasteiger partial charge in [-0.05, 0) is 30.2 Å². The van der Waals surface area contributed by atoms with Crippen molar-refractivity contribution in [2.45, 2.75) is 11.3 Å². The Morgan fingerprint density at radius 1 is 1.27 bits per heavy atom.